The SMILES string of the molecule is Cc1ccc(C#C[C@@]2(O)CCN(C)C2=O)cc1-c1ccc2ncnc(N)c2n1. The minimum Gasteiger partial charge on any atom is -0.382 e. The van der Waals surface area contributed by atoms with E-state index in [-0.39, 0.29) is 5.91 Å². The second-order valence-electron chi connectivity index (χ2n) is 6.94. The van der Waals surface area contributed by atoms with E-state index in [1.807, 2.05) is 37.3 Å². The molecule has 0 radical (unpaired) electrons. The van der Waals surface area contributed by atoms with Gasteiger partial charge in [-0.15, -0.1) is 0 Å². The van der Waals surface area contributed by atoms with Crippen molar-refractivity contribution in [1.82, 2.24) is 19.9 Å². The van der Waals surface area contributed by atoms with Crippen LogP contribution in [0.4, 0.5) is 5.82 Å². The first-order valence-electron chi connectivity index (χ1n) is 8.87. The monoisotopic (exact) mass is 373 g/mol. The van der Waals surface area contributed by atoms with E-state index < -0.39 is 5.60 Å². The van der Waals surface area contributed by atoms with Gasteiger partial charge in [-0.05, 0) is 36.8 Å². The number of aryl methyl sites for hydroxylation is 1. The molecule has 3 N–H and O–H groups in total. The van der Waals surface area contributed by atoms with E-state index in [9.17, 15) is 9.90 Å². The number of anilines is 1. The van der Waals surface area contributed by atoms with E-state index in [1.54, 1.807) is 7.05 Å². The number of aromatic nitrogens is 3. The first-order chi connectivity index (χ1) is 13.4. The molecule has 7 nitrogen and oxygen atoms in total. The number of benzene rings is 1. The van der Waals surface area contributed by atoms with Crippen LogP contribution in [0.5, 0.6) is 0 Å². The highest BCUT2D eigenvalue weighted by Gasteiger charge is 2.42. The van der Waals surface area contributed by atoms with Gasteiger partial charge in [0.15, 0.2) is 5.82 Å². The van der Waals surface area contributed by atoms with Crippen LogP contribution in [-0.2, 0) is 4.79 Å². The van der Waals surface area contributed by atoms with Crippen molar-refractivity contribution >= 4 is 22.8 Å². The Labute approximate surface area is 162 Å². The van der Waals surface area contributed by atoms with Gasteiger partial charge in [-0.3, -0.25) is 4.79 Å². The third-order valence-corrected chi connectivity index (χ3v) is 4.95. The average molecular weight is 373 g/mol. The van der Waals surface area contributed by atoms with Gasteiger partial charge in [-0.25, -0.2) is 15.0 Å². The van der Waals surface area contributed by atoms with Gasteiger partial charge in [0, 0.05) is 31.1 Å². The van der Waals surface area contributed by atoms with Gasteiger partial charge < -0.3 is 15.7 Å². The zero-order valence-corrected chi connectivity index (χ0v) is 15.6. The van der Waals surface area contributed by atoms with Crippen LogP contribution >= 0.6 is 0 Å². The zero-order chi connectivity index (χ0) is 19.9. The van der Waals surface area contributed by atoms with Crippen molar-refractivity contribution in [2.45, 2.75) is 18.9 Å². The summed E-state index contributed by atoms with van der Waals surface area (Å²) in [6.07, 6.45) is 1.71. The summed E-state index contributed by atoms with van der Waals surface area (Å²) >= 11 is 0. The molecule has 1 aliphatic rings. The largest absolute Gasteiger partial charge is 0.382 e. The molecule has 2 aromatic heterocycles. The molecule has 7 heteroatoms. The van der Waals surface area contributed by atoms with Gasteiger partial charge in [0.05, 0.1) is 11.2 Å². The minimum atomic E-state index is -1.62. The fraction of sp³-hybridized carbons (Fsp3) is 0.238. The Morgan fingerprint density at radius 3 is 2.82 bits per heavy atom. The van der Waals surface area contributed by atoms with E-state index in [0.717, 1.165) is 16.8 Å². The number of rotatable bonds is 1. The Bertz CT molecular complexity index is 1160. The Balaban J connectivity index is 1.74. The molecule has 28 heavy (non-hydrogen) atoms. The lowest BCUT2D eigenvalue weighted by atomic mass is 9.99. The molecule has 1 aromatic carbocycles. The molecular weight excluding hydrogens is 354 g/mol. The lowest BCUT2D eigenvalue weighted by Gasteiger charge is -2.13. The summed E-state index contributed by atoms with van der Waals surface area (Å²) in [4.78, 5) is 26.4. The number of nitrogens with zero attached hydrogens (tertiary/aromatic N) is 4. The van der Waals surface area contributed by atoms with Gasteiger partial charge in [-0.1, -0.05) is 17.9 Å². The Kier molecular flexibility index (Phi) is 4.21. The van der Waals surface area contributed by atoms with Crippen LogP contribution in [0, 0.1) is 18.8 Å². The third-order valence-electron chi connectivity index (χ3n) is 4.95. The van der Waals surface area contributed by atoms with Crippen LogP contribution in [-0.4, -0.2) is 50.1 Å². The first-order valence-corrected chi connectivity index (χ1v) is 8.87. The van der Waals surface area contributed by atoms with E-state index in [4.69, 9.17) is 5.73 Å². The molecule has 1 amide bonds. The molecule has 1 saturated heterocycles. The minimum absolute atomic E-state index is 0.305. The quantitative estimate of drug-likeness (QED) is 0.627. The highest BCUT2D eigenvalue weighted by atomic mass is 16.3. The van der Waals surface area contributed by atoms with Gasteiger partial charge >= 0.3 is 0 Å². The second-order valence-corrected chi connectivity index (χ2v) is 6.94. The van der Waals surface area contributed by atoms with Crippen molar-refractivity contribution in [1.29, 1.82) is 0 Å². The van der Waals surface area contributed by atoms with Crippen LogP contribution in [0.3, 0.4) is 0 Å². The first kappa shape index (κ1) is 17.9. The number of nitrogens with two attached hydrogens (primary N) is 1. The second kappa shape index (κ2) is 6.59. The molecule has 4 rings (SSSR count). The molecule has 0 aliphatic carbocycles. The summed E-state index contributed by atoms with van der Waals surface area (Å²) in [6.45, 7) is 2.47. The predicted molar refractivity (Wildman–Crippen MR) is 106 cm³/mol. The lowest BCUT2D eigenvalue weighted by molar-refractivity contribution is -0.137. The molecule has 0 bridgehead atoms. The summed E-state index contributed by atoms with van der Waals surface area (Å²) < 4.78 is 0. The Morgan fingerprint density at radius 2 is 2.07 bits per heavy atom. The molecule has 1 fully saturated rings. The van der Waals surface area contributed by atoms with E-state index in [1.165, 1.54) is 11.2 Å². The number of hydrogen-bond donors (Lipinski definition) is 2. The highest BCUT2D eigenvalue weighted by Crippen LogP contribution is 2.26. The van der Waals surface area contributed by atoms with Crippen LogP contribution in [0.15, 0.2) is 36.7 Å². The summed E-state index contributed by atoms with van der Waals surface area (Å²) in [5, 5.41) is 10.5. The zero-order valence-electron chi connectivity index (χ0n) is 15.6. The summed E-state index contributed by atoms with van der Waals surface area (Å²) in [6, 6.07) is 9.41. The van der Waals surface area contributed by atoms with Crippen molar-refractivity contribution in [3.63, 3.8) is 0 Å². The number of likely N-dealkylation sites (tertiary alicyclic amines) is 1. The van der Waals surface area contributed by atoms with Crippen LogP contribution in [0.1, 0.15) is 17.5 Å². The molecule has 1 atom stereocenters. The number of nitrogen functional groups attached to an aromatic ring is 1. The maximum absolute atomic E-state index is 12.1. The normalized spacial score (nSPS) is 19.0. The van der Waals surface area contributed by atoms with Crippen molar-refractivity contribution in [2.24, 2.45) is 0 Å². The fourth-order valence-electron chi connectivity index (χ4n) is 3.23. The van der Waals surface area contributed by atoms with Crippen molar-refractivity contribution < 1.29 is 9.90 Å². The maximum Gasteiger partial charge on any atom is 0.267 e. The van der Waals surface area contributed by atoms with Crippen LogP contribution in [0.25, 0.3) is 22.3 Å². The van der Waals surface area contributed by atoms with Crippen molar-refractivity contribution in [2.75, 3.05) is 19.3 Å². The van der Waals surface area contributed by atoms with Gasteiger partial charge in [0.1, 0.15) is 11.8 Å². The van der Waals surface area contributed by atoms with Gasteiger partial charge in [0.2, 0.25) is 5.60 Å². The molecule has 0 saturated carbocycles. The number of fused-ring (bicyclic) bond motifs is 1. The van der Waals surface area contributed by atoms with Gasteiger partial charge in [-0.2, -0.15) is 0 Å². The molecule has 0 spiro atoms. The summed E-state index contributed by atoms with van der Waals surface area (Å²) in [5.74, 6) is 5.65. The van der Waals surface area contributed by atoms with Crippen molar-refractivity contribution in [3.8, 4) is 23.1 Å². The number of hydrogen-bond acceptors (Lipinski definition) is 6. The van der Waals surface area contributed by atoms with Crippen LogP contribution in [0.2, 0.25) is 0 Å². The summed E-state index contributed by atoms with van der Waals surface area (Å²) in [7, 11) is 1.66. The summed E-state index contributed by atoms with van der Waals surface area (Å²) in [5.41, 5.74) is 8.85. The van der Waals surface area contributed by atoms with Crippen LogP contribution < -0.4 is 5.73 Å². The maximum atomic E-state index is 12.1. The van der Waals surface area contributed by atoms with Gasteiger partial charge in [0.25, 0.3) is 5.91 Å². The number of carbonyl (C=O) groups excluding carboxylic acids is 1. The Hall–Kier alpha value is -3.50. The number of carbonyl (C=O) groups is 1. The third kappa shape index (κ3) is 3.04. The van der Waals surface area contributed by atoms with E-state index in [0.29, 0.717) is 35.4 Å². The Morgan fingerprint density at radius 1 is 1.25 bits per heavy atom. The van der Waals surface area contributed by atoms with E-state index >= 15 is 0 Å². The molecule has 140 valence electrons. The molecule has 0 unspecified atom stereocenters. The fourth-order valence-corrected chi connectivity index (χ4v) is 3.23. The predicted octanol–water partition coefficient (Wildman–Crippen LogP) is 1.53. The molecule has 3 aromatic rings. The average Bonchev–Trinajstić information content (AvgIpc) is 2.95. The lowest BCUT2D eigenvalue weighted by Crippen LogP contribution is -2.37. The van der Waals surface area contributed by atoms with E-state index in [2.05, 4.69) is 26.8 Å². The molecule has 3 heterocycles. The topological polar surface area (TPSA) is 105 Å². The highest BCUT2D eigenvalue weighted by molar-refractivity contribution is 5.90. The molecule has 1 aliphatic heterocycles. The number of likely N-dealkylation sites (N-methyl/N-ethyl adjacent to an activating group) is 1. The number of aliphatic hydroxyl groups is 1. The smallest absolute Gasteiger partial charge is 0.267 e. The number of pyridine rings is 1. The number of amides is 1. The standard InChI is InChI=1S/C21H19N5O2/c1-13-3-4-14(7-8-21(28)9-10-26(2)20(21)27)11-15(13)16-5-6-17-18(25-16)19(22)24-12-23-17/h3-6,11-12,28H,9-10H2,1-2H3,(H2,22,23,24)/t21-/m1/s1. The molecular formula is C21H19N5O2. The van der Waals surface area contributed by atoms with Crippen molar-refractivity contribution in [3.05, 3.63) is 47.8 Å².